The second-order valence-corrected chi connectivity index (χ2v) is 5.74. The molecule has 0 radical (unpaired) electrons. The van der Waals surface area contributed by atoms with E-state index in [1.165, 1.54) is 25.7 Å². The predicted octanol–water partition coefficient (Wildman–Crippen LogP) is 2.33. The van der Waals surface area contributed by atoms with Crippen LogP contribution in [0.5, 0.6) is 0 Å². The van der Waals surface area contributed by atoms with E-state index in [2.05, 4.69) is 26.1 Å². The largest absolute Gasteiger partial charge is 0.395 e. The Morgan fingerprint density at radius 3 is 2.41 bits per heavy atom. The van der Waals surface area contributed by atoms with Gasteiger partial charge < -0.3 is 15.2 Å². The molecule has 0 amide bonds. The molecule has 1 rings (SSSR count). The molecule has 0 aromatic heterocycles. The van der Waals surface area contributed by atoms with Gasteiger partial charge >= 0.3 is 0 Å². The van der Waals surface area contributed by atoms with Crippen LogP contribution in [0.2, 0.25) is 0 Å². The Balaban J connectivity index is 2.09. The van der Waals surface area contributed by atoms with Gasteiger partial charge in [0.05, 0.1) is 12.7 Å². The zero-order valence-corrected chi connectivity index (χ0v) is 11.6. The molecule has 3 heteroatoms. The molecule has 1 atom stereocenters. The fourth-order valence-corrected chi connectivity index (χ4v) is 2.47. The number of ether oxygens (including phenoxy) is 1. The molecule has 0 aromatic carbocycles. The third-order valence-electron chi connectivity index (χ3n) is 3.57. The number of aliphatic hydroxyl groups excluding tert-OH is 1. The lowest BCUT2D eigenvalue weighted by atomic mass is 9.89. The summed E-state index contributed by atoms with van der Waals surface area (Å²) >= 11 is 0. The third kappa shape index (κ3) is 6.39. The van der Waals surface area contributed by atoms with E-state index in [0.717, 1.165) is 18.9 Å². The molecule has 2 N–H and O–H groups in total. The molecular weight excluding hydrogens is 214 g/mol. The van der Waals surface area contributed by atoms with Crippen LogP contribution >= 0.6 is 0 Å². The van der Waals surface area contributed by atoms with E-state index in [1.807, 2.05) is 0 Å². The molecule has 0 spiro atoms. The van der Waals surface area contributed by atoms with E-state index in [-0.39, 0.29) is 12.6 Å². The zero-order valence-electron chi connectivity index (χ0n) is 11.6. The first-order chi connectivity index (χ1) is 8.11. The molecular formula is C14H29NO2. The standard InChI is InChI=1S/C14H29NO2/c1-11(2)15-13(10-16)8-9-17-14-6-4-12(3)5-7-14/h11-16H,4-10H2,1-3H3. The lowest BCUT2D eigenvalue weighted by Gasteiger charge is -2.27. The van der Waals surface area contributed by atoms with Crippen LogP contribution in [0.3, 0.4) is 0 Å². The van der Waals surface area contributed by atoms with E-state index in [0.29, 0.717) is 12.1 Å². The van der Waals surface area contributed by atoms with Crippen molar-refractivity contribution in [3.63, 3.8) is 0 Å². The van der Waals surface area contributed by atoms with Crippen LogP contribution in [0.25, 0.3) is 0 Å². The fraction of sp³-hybridized carbons (Fsp3) is 1.00. The van der Waals surface area contributed by atoms with Crippen LogP contribution in [0, 0.1) is 5.92 Å². The summed E-state index contributed by atoms with van der Waals surface area (Å²) in [7, 11) is 0. The molecule has 3 nitrogen and oxygen atoms in total. The molecule has 0 heterocycles. The van der Waals surface area contributed by atoms with Crippen LogP contribution in [-0.4, -0.2) is 36.5 Å². The van der Waals surface area contributed by atoms with Crippen LogP contribution in [0.1, 0.15) is 52.9 Å². The summed E-state index contributed by atoms with van der Waals surface area (Å²) in [4.78, 5) is 0. The van der Waals surface area contributed by atoms with E-state index >= 15 is 0 Å². The van der Waals surface area contributed by atoms with Gasteiger partial charge in [-0.15, -0.1) is 0 Å². The van der Waals surface area contributed by atoms with Crippen molar-refractivity contribution >= 4 is 0 Å². The van der Waals surface area contributed by atoms with Crippen molar-refractivity contribution in [2.24, 2.45) is 5.92 Å². The first-order valence-corrected chi connectivity index (χ1v) is 7.10. The normalized spacial score (nSPS) is 27.4. The van der Waals surface area contributed by atoms with Gasteiger partial charge in [0.15, 0.2) is 0 Å². The number of hydrogen-bond acceptors (Lipinski definition) is 3. The highest BCUT2D eigenvalue weighted by Gasteiger charge is 2.18. The van der Waals surface area contributed by atoms with E-state index in [9.17, 15) is 5.11 Å². The highest BCUT2D eigenvalue weighted by Crippen LogP contribution is 2.25. The average molecular weight is 243 g/mol. The smallest absolute Gasteiger partial charge is 0.0585 e. The lowest BCUT2D eigenvalue weighted by molar-refractivity contribution is 0.0126. The van der Waals surface area contributed by atoms with Crippen LogP contribution in [-0.2, 0) is 4.74 Å². The summed E-state index contributed by atoms with van der Waals surface area (Å²) in [5.74, 6) is 0.877. The van der Waals surface area contributed by atoms with Crippen molar-refractivity contribution in [3.05, 3.63) is 0 Å². The minimum atomic E-state index is 0.178. The molecule has 0 saturated heterocycles. The Hall–Kier alpha value is -0.120. The van der Waals surface area contributed by atoms with Gasteiger partial charge in [-0.1, -0.05) is 20.8 Å². The molecule has 17 heavy (non-hydrogen) atoms. The molecule has 1 aliphatic rings. The quantitative estimate of drug-likeness (QED) is 0.721. The fourth-order valence-electron chi connectivity index (χ4n) is 2.47. The monoisotopic (exact) mass is 243 g/mol. The molecule has 0 aliphatic heterocycles. The van der Waals surface area contributed by atoms with Gasteiger partial charge in [0.25, 0.3) is 0 Å². The number of aliphatic hydroxyl groups is 1. The predicted molar refractivity (Wildman–Crippen MR) is 71.1 cm³/mol. The summed E-state index contributed by atoms with van der Waals surface area (Å²) < 4.78 is 5.89. The average Bonchev–Trinajstić information content (AvgIpc) is 2.30. The SMILES string of the molecule is CC1CCC(OCCC(CO)NC(C)C)CC1. The van der Waals surface area contributed by atoms with Gasteiger partial charge in [-0.2, -0.15) is 0 Å². The summed E-state index contributed by atoms with van der Waals surface area (Å²) in [6.07, 6.45) is 6.40. The van der Waals surface area contributed by atoms with Crippen LogP contribution in [0.4, 0.5) is 0 Å². The number of hydrogen-bond donors (Lipinski definition) is 2. The summed E-state index contributed by atoms with van der Waals surface area (Å²) in [5.41, 5.74) is 0. The summed E-state index contributed by atoms with van der Waals surface area (Å²) in [5, 5.41) is 12.6. The van der Waals surface area contributed by atoms with E-state index in [4.69, 9.17) is 4.74 Å². The Labute approximate surface area is 106 Å². The Morgan fingerprint density at radius 2 is 1.88 bits per heavy atom. The van der Waals surface area contributed by atoms with Crippen molar-refractivity contribution in [1.82, 2.24) is 5.32 Å². The molecule has 102 valence electrons. The minimum absolute atomic E-state index is 0.178. The second-order valence-electron chi connectivity index (χ2n) is 5.74. The molecule has 1 aliphatic carbocycles. The Bertz CT molecular complexity index is 189. The highest BCUT2D eigenvalue weighted by molar-refractivity contribution is 4.71. The highest BCUT2D eigenvalue weighted by atomic mass is 16.5. The Kier molecular flexibility index (Phi) is 7.09. The van der Waals surface area contributed by atoms with Crippen molar-refractivity contribution in [2.75, 3.05) is 13.2 Å². The number of rotatable bonds is 7. The molecule has 1 fully saturated rings. The maximum Gasteiger partial charge on any atom is 0.0585 e. The zero-order chi connectivity index (χ0) is 12.7. The first kappa shape index (κ1) is 14.9. The Morgan fingerprint density at radius 1 is 1.24 bits per heavy atom. The topological polar surface area (TPSA) is 41.5 Å². The number of nitrogens with one attached hydrogen (secondary N) is 1. The molecule has 0 aromatic rings. The maximum atomic E-state index is 9.23. The van der Waals surface area contributed by atoms with Crippen molar-refractivity contribution in [3.8, 4) is 0 Å². The van der Waals surface area contributed by atoms with Crippen LogP contribution < -0.4 is 5.32 Å². The maximum absolute atomic E-state index is 9.23. The molecule has 1 unspecified atom stereocenters. The van der Waals surface area contributed by atoms with Gasteiger partial charge in [-0.3, -0.25) is 0 Å². The summed E-state index contributed by atoms with van der Waals surface area (Å²) in [6, 6.07) is 0.597. The van der Waals surface area contributed by atoms with Gasteiger partial charge in [0.2, 0.25) is 0 Å². The first-order valence-electron chi connectivity index (χ1n) is 7.10. The van der Waals surface area contributed by atoms with Crippen LogP contribution in [0.15, 0.2) is 0 Å². The van der Waals surface area contributed by atoms with E-state index in [1.54, 1.807) is 0 Å². The van der Waals surface area contributed by atoms with Gasteiger partial charge in [0, 0.05) is 18.7 Å². The molecule has 1 saturated carbocycles. The lowest BCUT2D eigenvalue weighted by Crippen LogP contribution is -2.38. The van der Waals surface area contributed by atoms with Crippen molar-refractivity contribution in [1.29, 1.82) is 0 Å². The van der Waals surface area contributed by atoms with Crippen molar-refractivity contribution in [2.45, 2.75) is 71.1 Å². The third-order valence-corrected chi connectivity index (χ3v) is 3.57. The van der Waals surface area contributed by atoms with E-state index < -0.39 is 0 Å². The van der Waals surface area contributed by atoms with Gasteiger partial charge in [0.1, 0.15) is 0 Å². The minimum Gasteiger partial charge on any atom is -0.395 e. The van der Waals surface area contributed by atoms with Crippen molar-refractivity contribution < 1.29 is 9.84 Å². The molecule has 0 bridgehead atoms. The summed E-state index contributed by atoms with van der Waals surface area (Å²) in [6.45, 7) is 7.50. The van der Waals surface area contributed by atoms with Gasteiger partial charge in [-0.05, 0) is 38.0 Å². The van der Waals surface area contributed by atoms with Gasteiger partial charge in [-0.25, -0.2) is 0 Å². The second kappa shape index (κ2) is 8.06.